The molecule has 1 amide bonds. The molecule has 0 unspecified atom stereocenters. The van der Waals surface area contributed by atoms with Gasteiger partial charge in [-0.3, -0.25) is 4.79 Å². The summed E-state index contributed by atoms with van der Waals surface area (Å²) in [5, 5.41) is 11.3. The van der Waals surface area contributed by atoms with Gasteiger partial charge in [-0.05, 0) is 36.4 Å². The molecule has 0 aromatic heterocycles. The Kier molecular flexibility index (Phi) is 4.00. The van der Waals surface area contributed by atoms with Crippen LogP contribution < -0.4 is 5.32 Å². The molecule has 0 aliphatic heterocycles. The van der Waals surface area contributed by atoms with Gasteiger partial charge < -0.3 is 10.4 Å². The number of carboxylic acids is 1. The third-order valence-corrected chi connectivity index (χ3v) is 2.86. The molecule has 2 aromatic carbocycles. The Morgan fingerprint density at radius 2 is 1.90 bits per heavy atom. The van der Waals surface area contributed by atoms with E-state index in [0.717, 1.165) is 12.1 Å². The number of amides is 1. The minimum Gasteiger partial charge on any atom is -0.478 e. The summed E-state index contributed by atoms with van der Waals surface area (Å²) >= 11 is 5.78. The van der Waals surface area contributed by atoms with Crippen LogP contribution in [0.1, 0.15) is 20.7 Å². The van der Waals surface area contributed by atoms with E-state index < -0.39 is 17.7 Å². The average molecular weight is 294 g/mol. The number of nitrogens with one attached hydrogen (secondary N) is 1. The number of carboxylic acid groups (broad SMARTS) is 1. The van der Waals surface area contributed by atoms with Crippen molar-refractivity contribution in [1.82, 2.24) is 0 Å². The zero-order valence-corrected chi connectivity index (χ0v) is 10.8. The maximum atomic E-state index is 12.9. The quantitative estimate of drug-likeness (QED) is 0.911. The third kappa shape index (κ3) is 3.13. The molecule has 0 spiro atoms. The van der Waals surface area contributed by atoms with Crippen molar-refractivity contribution in [2.75, 3.05) is 5.32 Å². The predicted octanol–water partition coefficient (Wildman–Crippen LogP) is 3.43. The normalized spacial score (nSPS) is 10.1. The highest BCUT2D eigenvalue weighted by atomic mass is 35.5. The van der Waals surface area contributed by atoms with E-state index in [-0.39, 0.29) is 16.1 Å². The van der Waals surface area contributed by atoms with Crippen molar-refractivity contribution >= 4 is 29.2 Å². The number of hydrogen-bond acceptors (Lipinski definition) is 2. The highest BCUT2D eigenvalue weighted by Gasteiger charge is 2.12. The number of anilines is 1. The van der Waals surface area contributed by atoms with Crippen molar-refractivity contribution in [2.45, 2.75) is 0 Å². The summed E-state index contributed by atoms with van der Waals surface area (Å²) in [7, 11) is 0. The van der Waals surface area contributed by atoms with Gasteiger partial charge in [0, 0.05) is 5.69 Å². The van der Waals surface area contributed by atoms with Crippen molar-refractivity contribution in [3.05, 3.63) is 64.4 Å². The van der Waals surface area contributed by atoms with Crippen LogP contribution in [0.15, 0.2) is 42.5 Å². The highest BCUT2D eigenvalue weighted by Crippen LogP contribution is 2.19. The highest BCUT2D eigenvalue weighted by molar-refractivity contribution is 6.34. The fourth-order valence-corrected chi connectivity index (χ4v) is 1.86. The van der Waals surface area contributed by atoms with Gasteiger partial charge in [-0.15, -0.1) is 0 Å². The van der Waals surface area contributed by atoms with Crippen LogP contribution in [-0.2, 0) is 0 Å². The molecule has 6 heteroatoms. The number of carbonyl (C=O) groups excluding carboxylic acids is 1. The van der Waals surface area contributed by atoms with Gasteiger partial charge in [0.2, 0.25) is 0 Å². The largest absolute Gasteiger partial charge is 0.478 e. The second kappa shape index (κ2) is 5.71. The van der Waals surface area contributed by atoms with Gasteiger partial charge in [-0.2, -0.15) is 0 Å². The molecule has 0 fully saturated rings. The monoisotopic (exact) mass is 293 g/mol. The molecule has 0 saturated heterocycles. The molecular formula is C14H9ClFNO3. The van der Waals surface area contributed by atoms with Crippen LogP contribution in [-0.4, -0.2) is 17.0 Å². The van der Waals surface area contributed by atoms with Crippen molar-refractivity contribution < 1.29 is 19.1 Å². The summed E-state index contributed by atoms with van der Waals surface area (Å²) < 4.78 is 12.9. The van der Waals surface area contributed by atoms with Gasteiger partial charge in [0.05, 0.1) is 16.1 Å². The number of rotatable bonds is 3. The van der Waals surface area contributed by atoms with Gasteiger partial charge in [-0.1, -0.05) is 17.7 Å². The van der Waals surface area contributed by atoms with Crippen LogP contribution >= 0.6 is 11.6 Å². The van der Waals surface area contributed by atoms with E-state index in [1.54, 1.807) is 6.07 Å². The SMILES string of the molecule is O=C(O)c1cccc(NC(=O)c2ccc(F)cc2Cl)c1. The van der Waals surface area contributed by atoms with Gasteiger partial charge in [0.25, 0.3) is 5.91 Å². The van der Waals surface area contributed by atoms with E-state index in [1.165, 1.54) is 24.3 Å². The number of carbonyl (C=O) groups is 2. The van der Waals surface area contributed by atoms with Crippen molar-refractivity contribution in [3.63, 3.8) is 0 Å². The number of hydrogen-bond donors (Lipinski definition) is 2. The summed E-state index contributed by atoms with van der Waals surface area (Å²) in [6.45, 7) is 0. The molecular weight excluding hydrogens is 285 g/mol. The van der Waals surface area contributed by atoms with E-state index in [0.29, 0.717) is 5.69 Å². The fourth-order valence-electron chi connectivity index (χ4n) is 1.60. The maximum Gasteiger partial charge on any atom is 0.335 e. The summed E-state index contributed by atoms with van der Waals surface area (Å²) in [5.74, 6) is -2.18. The minimum absolute atomic E-state index is 0.0168. The molecule has 102 valence electrons. The van der Waals surface area contributed by atoms with Gasteiger partial charge in [0.15, 0.2) is 0 Å². The average Bonchev–Trinajstić information content (AvgIpc) is 2.38. The van der Waals surface area contributed by atoms with Crippen LogP contribution in [0, 0.1) is 5.82 Å². The van der Waals surface area contributed by atoms with E-state index in [2.05, 4.69) is 5.32 Å². The Morgan fingerprint density at radius 1 is 1.15 bits per heavy atom. The second-order valence-corrected chi connectivity index (χ2v) is 4.37. The molecule has 0 radical (unpaired) electrons. The molecule has 2 rings (SSSR count). The Morgan fingerprint density at radius 3 is 2.55 bits per heavy atom. The summed E-state index contributed by atoms with van der Waals surface area (Å²) in [4.78, 5) is 22.8. The first-order valence-electron chi connectivity index (χ1n) is 5.57. The molecule has 2 aromatic rings. The Bertz CT molecular complexity index is 688. The maximum absolute atomic E-state index is 12.9. The predicted molar refractivity (Wildman–Crippen MR) is 72.8 cm³/mol. The van der Waals surface area contributed by atoms with Gasteiger partial charge in [-0.25, -0.2) is 9.18 Å². The number of halogens is 2. The van der Waals surface area contributed by atoms with Crippen LogP contribution in [0.2, 0.25) is 5.02 Å². The molecule has 2 N–H and O–H groups in total. The zero-order chi connectivity index (χ0) is 14.7. The van der Waals surface area contributed by atoms with Crippen molar-refractivity contribution in [3.8, 4) is 0 Å². The number of aromatic carboxylic acids is 1. The summed E-state index contributed by atoms with van der Waals surface area (Å²) in [5.41, 5.74) is 0.470. The van der Waals surface area contributed by atoms with E-state index in [4.69, 9.17) is 16.7 Å². The van der Waals surface area contributed by atoms with E-state index in [9.17, 15) is 14.0 Å². The van der Waals surface area contributed by atoms with Crippen LogP contribution in [0.25, 0.3) is 0 Å². The van der Waals surface area contributed by atoms with E-state index in [1.807, 2.05) is 0 Å². The molecule has 0 aliphatic carbocycles. The van der Waals surface area contributed by atoms with E-state index >= 15 is 0 Å². The van der Waals surface area contributed by atoms with Gasteiger partial charge >= 0.3 is 5.97 Å². The first-order chi connectivity index (χ1) is 9.47. The summed E-state index contributed by atoms with van der Waals surface area (Å²) in [6, 6.07) is 9.18. The second-order valence-electron chi connectivity index (χ2n) is 3.96. The fraction of sp³-hybridized carbons (Fsp3) is 0. The first-order valence-corrected chi connectivity index (χ1v) is 5.95. The third-order valence-electron chi connectivity index (χ3n) is 2.54. The minimum atomic E-state index is -1.10. The Labute approximate surface area is 118 Å². The molecule has 0 aliphatic rings. The summed E-state index contributed by atoms with van der Waals surface area (Å²) in [6.07, 6.45) is 0. The standard InChI is InChI=1S/C14H9ClFNO3/c15-12-7-9(16)4-5-11(12)13(18)17-10-3-1-2-8(6-10)14(19)20/h1-7H,(H,17,18)(H,19,20). The van der Waals surface area contributed by atoms with Crippen LogP contribution in [0.4, 0.5) is 10.1 Å². The van der Waals surface area contributed by atoms with Crippen LogP contribution in [0.5, 0.6) is 0 Å². The van der Waals surface area contributed by atoms with Crippen molar-refractivity contribution in [1.29, 1.82) is 0 Å². The number of benzene rings is 2. The molecule has 20 heavy (non-hydrogen) atoms. The van der Waals surface area contributed by atoms with Gasteiger partial charge in [0.1, 0.15) is 5.82 Å². The topological polar surface area (TPSA) is 66.4 Å². The first kappa shape index (κ1) is 14.0. The lowest BCUT2D eigenvalue weighted by molar-refractivity contribution is 0.0696. The Balaban J connectivity index is 2.23. The zero-order valence-electron chi connectivity index (χ0n) is 10.1. The van der Waals surface area contributed by atoms with Crippen LogP contribution in [0.3, 0.4) is 0 Å². The lowest BCUT2D eigenvalue weighted by Gasteiger charge is -2.07. The lowest BCUT2D eigenvalue weighted by atomic mass is 10.1. The molecule has 0 bridgehead atoms. The molecule has 0 atom stereocenters. The van der Waals surface area contributed by atoms with Crippen molar-refractivity contribution in [2.24, 2.45) is 0 Å². The lowest BCUT2D eigenvalue weighted by Crippen LogP contribution is -2.13. The molecule has 4 nitrogen and oxygen atoms in total. The smallest absolute Gasteiger partial charge is 0.335 e. The molecule has 0 saturated carbocycles. The Hall–Kier alpha value is -2.40. The molecule has 0 heterocycles.